The Morgan fingerprint density at radius 3 is 2.48 bits per heavy atom. The van der Waals surface area contributed by atoms with Crippen LogP contribution in [0.5, 0.6) is 5.75 Å². The molecule has 0 radical (unpaired) electrons. The topological polar surface area (TPSA) is 80.3 Å². The van der Waals surface area contributed by atoms with Crippen molar-refractivity contribution in [1.82, 2.24) is 4.98 Å². The van der Waals surface area contributed by atoms with Gasteiger partial charge in [0.2, 0.25) is 0 Å². The van der Waals surface area contributed by atoms with Crippen molar-refractivity contribution in [2.75, 3.05) is 23.2 Å². The fourth-order valence-corrected chi connectivity index (χ4v) is 3.58. The van der Waals surface area contributed by atoms with Gasteiger partial charge in [-0.2, -0.15) is 0 Å². The standard InChI is InChI=1S/C20H21N3O3S/c1-16-7-8-18(26-14-13-22-17-9-11-21-12-10-17)15-20(16)23-27(24,25)19-5-3-2-4-6-19/h2-12,15,23H,13-14H2,1H3,(H,21,22). The van der Waals surface area contributed by atoms with Gasteiger partial charge in [0.05, 0.1) is 10.6 Å². The third-order valence-corrected chi connectivity index (χ3v) is 5.27. The third kappa shape index (κ3) is 5.21. The van der Waals surface area contributed by atoms with E-state index in [9.17, 15) is 8.42 Å². The van der Waals surface area contributed by atoms with Crippen molar-refractivity contribution in [3.05, 3.63) is 78.6 Å². The van der Waals surface area contributed by atoms with Crippen LogP contribution in [0.4, 0.5) is 11.4 Å². The normalized spacial score (nSPS) is 11.0. The molecule has 7 heteroatoms. The highest BCUT2D eigenvalue weighted by Crippen LogP contribution is 2.24. The van der Waals surface area contributed by atoms with Gasteiger partial charge in [0.1, 0.15) is 12.4 Å². The molecule has 0 saturated carbocycles. The van der Waals surface area contributed by atoms with Crippen LogP contribution in [-0.2, 0) is 10.0 Å². The fourth-order valence-electron chi connectivity index (χ4n) is 2.44. The quantitative estimate of drug-likeness (QED) is 0.580. The molecule has 1 aromatic heterocycles. The number of hydrogen-bond acceptors (Lipinski definition) is 5. The number of ether oxygens (including phenoxy) is 1. The van der Waals surface area contributed by atoms with E-state index in [1.54, 1.807) is 48.8 Å². The van der Waals surface area contributed by atoms with Crippen molar-refractivity contribution < 1.29 is 13.2 Å². The van der Waals surface area contributed by atoms with Gasteiger partial charge in [-0.1, -0.05) is 24.3 Å². The molecular weight excluding hydrogens is 362 g/mol. The van der Waals surface area contributed by atoms with Gasteiger partial charge in [-0.05, 0) is 42.8 Å². The second-order valence-electron chi connectivity index (χ2n) is 5.91. The average Bonchev–Trinajstić information content (AvgIpc) is 2.69. The molecule has 0 atom stereocenters. The van der Waals surface area contributed by atoms with E-state index in [4.69, 9.17) is 4.74 Å². The molecule has 0 bridgehead atoms. The van der Waals surface area contributed by atoms with Crippen molar-refractivity contribution >= 4 is 21.4 Å². The number of benzene rings is 2. The monoisotopic (exact) mass is 383 g/mol. The van der Waals surface area contributed by atoms with E-state index in [1.165, 1.54) is 0 Å². The lowest BCUT2D eigenvalue weighted by Crippen LogP contribution is -2.14. The zero-order valence-corrected chi connectivity index (χ0v) is 15.7. The van der Waals surface area contributed by atoms with Gasteiger partial charge in [0.25, 0.3) is 10.0 Å². The highest BCUT2D eigenvalue weighted by molar-refractivity contribution is 7.92. The lowest BCUT2D eigenvalue weighted by molar-refractivity contribution is 0.333. The van der Waals surface area contributed by atoms with Crippen LogP contribution in [-0.4, -0.2) is 26.6 Å². The summed E-state index contributed by atoms with van der Waals surface area (Å²) in [5, 5.41) is 3.22. The summed E-state index contributed by atoms with van der Waals surface area (Å²) < 4.78 is 33.4. The van der Waals surface area contributed by atoms with E-state index >= 15 is 0 Å². The van der Waals surface area contributed by atoms with Crippen LogP contribution in [0.1, 0.15) is 5.56 Å². The molecule has 6 nitrogen and oxygen atoms in total. The van der Waals surface area contributed by atoms with Crippen LogP contribution >= 0.6 is 0 Å². The number of anilines is 2. The summed E-state index contributed by atoms with van der Waals surface area (Å²) in [5.74, 6) is 0.600. The Balaban J connectivity index is 1.62. The highest BCUT2D eigenvalue weighted by Gasteiger charge is 2.15. The molecule has 1 heterocycles. The van der Waals surface area contributed by atoms with Gasteiger partial charge in [-0.15, -0.1) is 0 Å². The number of rotatable bonds is 8. The van der Waals surface area contributed by atoms with Crippen molar-refractivity contribution in [3.63, 3.8) is 0 Å². The van der Waals surface area contributed by atoms with Crippen molar-refractivity contribution in [2.24, 2.45) is 0 Å². The SMILES string of the molecule is Cc1ccc(OCCNc2ccncc2)cc1NS(=O)(=O)c1ccccc1. The molecule has 2 aromatic carbocycles. The Morgan fingerprint density at radius 1 is 1.00 bits per heavy atom. The molecule has 0 fully saturated rings. The average molecular weight is 383 g/mol. The number of nitrogens with one attached hydrogen (secondary N) is 2. The number of sulfonamides is 1. The number of aryl methyl sites for hydroxylation is 1. The third-order valence-electron chi connectivity index (χ3n) is 3.89. The molecule has 0 saturated heterocycles. The maximum absolute atomic E-state index is 12.5. The summed E-state index contributed by atoms with van der Waals surface area (Å²) in [6.07, 6.45) is 3.43. The summed E-state index contributed by atoms with van der Waals surface area (Å²) in [5.41, 5.74) is 2.28. The van der Waals surface area contributed by atoms with Gasteiger partial charge in [-0.25, -0.2) is 8.42 Å². The Morgan fingerprint density at radius 2 is 1.74 bits per heavy atom. The van der Waals surface area contributed by atoms with E-state index in [2.05, 4.69) is 15.0 Å². The molecule has 3 rings (SSSR count). The Kier molecular flexibility index (Phi) is 5.93. The Labute approximate surface area is 159 Å². The largest absolute Gasteiger partial charge is 0.492 e. The first-order chi connectivity index (χ1) is 13.0. The van der Waals surface area contributed by atoms with E-state index < -0.39 is 10.0 Å². The lowest BCUT2D eigenvalue weighted by atomic mass is 10.2. The Hall–Kier alpha value is -3.06. The molecular formula is C20H21N3O3S. The van der Waals surface area contributed by atoms with Gasteiger partial charge in [0.15, 0.2) is 0 Å². The molecule has 0 aliphatic rings. The van der Waals surface area contributed by atoms with Crippen LogP contribution in [0.2, 0.25) is 0 Å². The molecule has 0 unspecified atom stereocenters. The maximum Gasteiger partial charge on any atom is 0.261 e. The molecule has 0 spiro atoms. The van der Waals surface area contributed by atoms with Crippen LogP contribution < -0.4 is 14.8 Å². The molecule has 140 valence electrons. The van der Waals surface area contributed by atoms with Crippen molar-refractivity contribution in [2.45, 2.75) is 11.8 Å². The second-order valence-corrected chi connectivity index (χ2v) is 7.59. The summed E-state index contributed by atoms with van der Waals surface area (Å²) in [7, 11) is -3.64. The van der Waals surface area contributed by atoms with Crippen LogP contribution in [0.25, 0.3) is 0 Å². The lowest BCUT2D eigenvalue weighted by Gasteiger charge is -2.13. The molecule has 0 amide bonds. The zero-order valence-electron chi connectivity index (χ0n) is 14.9. The number of aromatic nitrogens is 1. The first-order valence-electron chi connectivity index (χ1n) is 8.50. The van der Waals surface area contributed by atoms with Crippen molar-refractivity contribution in [1.29, 1.82) is 0 Å². The molecule has 2 N–H and O–H groups in total. The van der Waals surface area contributed by atoms with Crippen molar-refractivity contribution in [3.8, 4) is 5.75 Å². The van der Waals surface area contributed by atoms with E-state index in [-0.39, 0.29) is 4.90 Å². The summed E-state index contributed by atoms with van der Waals surface area (Å²) in [4.78, 5) is 4.18. The minimum Gasteiger partial charge on any atom is -0.492 e. The van der Waals surface area contributed by atoms with Gasteiger partial charge >= 0.3 is 0 Å². The minimum atomic E-state index is -3.64. The summed E-state index contributed by atoms with van der Waals surface area (Å²) >= 11 is 0. The van der Waals surface area contributed by atoms with Gasteiger partial charge in [0, 0.05) is 30.7 Å². The summed E-state index contributed by atoms with van der Waals surface area (Å²) in [6.45, 7) is 2.90. The molecule has 3 aromatic rings. The first kappa shape index (κ1) is 18.7. The predicted molar refractivity (Wildman–Crippen MR) is 107 cm³/mol. The Bertz CT molecular complexity index is 978. The molecule has 0 aliphatic carbocycles. The fraction of sp³-hybridized carbons (Fsp3) is 0.150. The predicted octanol–water partition coefficient (Wildman–Crippen LogP) is 3.68. The molecule has 0 aliphatic heterocycles. The van der Waals surface area contributed by atoms with Gasteiger partial charge in [-0.3, -0.25) is 9.71 Å². The van der Waals surface area contributed by atoms with E-state index in [1.807, 2.05) is 31.2 Å². The van der Waals surface area contributed by atoms with Gasteiger partial charge < -0.3 is 10.1 Å². The zero-order chi connectivity index (χ0) is 19.1. The molecule has 27 heavy (non-hydrogen) atoms. The van der Waals surface area contributed by atoms with Crippen LogP contribution in [0, 0.1) is 6.92 Å². The number of pyridine rings is 1. The highest BCUT2D eigenvalue weighted by atomic mass is 32.2. The first-order valence-corrected chi connectivity index (χ1v) is 9.98. The maximum atomic E-state index is 12.5. The van der Waals surface area contributed by atoms with E-state index in [0.29, 0.717) is 24.6 Å². The van der Waals surface area contributed by atoms with E-state index in [0.717, 1.165) is 11.3 Å². The second kappa shape index (κ2) is 8.55. The number of hydrogen-bond donors (Lipinski definition) is 2. The number of nitrogens with zero attached hydrogens (tertiary/aromatic N) is 1. The minimum absolute atomic E-state index is 0.220. The smallest absolute Gasteiger partial charge is 0.261 e. The van der Waals surface area contributed by atoms with Crippen LogP contribution in [0.15, 0.2) is 78.0 Å². The summed E-state index contributed by atoms with van der Waals surface area (Å²) in [6, 6.07) is 17.4. The van der Waals surface area contributed by atoms with Crippen LogP contribution in [0.3, 0.4) is 0 Å².